The van der Waals surface area contributed by atoms with Crippen LogP contribution in [-0.4, -0.2) is 186 Å². The summed E-state index contributed by atoms with van der Waals surface area (Å²) in [7, 11) is -9.92. The minimum Gasteiger partial charge on any atom is -0.491 e. The van der Waals surface area contributed by atoms with Crippen molar-refractivity contribution in [2.24, 2.45) is 11.6 Å². The normalized spacial score (nSPS) is 17.8. The number of aromatic nitrogens is 6. The first-order valence-electron chi connectivity index (χ1n) is 30.2. The van der Waals surface area contributed by atoms with Crippen molar-refractivity contribution >= 4 is 60.6 Å². The Hall–Kier alpha value is -6.18. The number of phosphoric acid groups is 1. The number of anilines is 2. The molecule has 90 heavy (non-hydrogen) atoms. The van der Waals surface area contributed by atoms with Gasteiger partial charge in [0.1, 0.15) is 47.6 Å². The molecule has 5 aromatic heterocycles. The number of imidazole rings is 2. The van der Waals surface area contributed by atoms with Gasteiger partial charge >= 0.3 is 21.0 Å². The van der Waals surface area contributed by atoms with Crippen molar-refractivity contribution in [3.8, 4) is 17.0 Å². The number of aliphatic hydroxyl groups is 2. The van der Waals surface area contributed by atoms with Crippen LogP contribution < -0.4 is 37.9 Å². The zero-order valence-corrected chi connectivity index (χ0v) is 53.6. The highest BCUT2D eigenvalue weighted by molar-refractivity contribution is 7.54. The molecule has 6 aromatic rings. The number of nitrogens with two attached hydrogens (primary N) is 3. The van der Waals surface area contributed by atoms with Gasteiger partial charge < -0.3 is 88.8 Å². The van der Waals surface area contributed by atoms with Crippen molar-refractivity contribution in [2.75, 3.05) is 96.3 Å². The zero-order chi connectivity index (χ0) is 65.2. The van der Waals surface area contributed by atoms with Crippen molar-refractivity contribution in [3.63, 3.8) is 0 Å². The number of fused-ring (bicyclic) bond motifs is 3. The fraction of sp³-hybridized carbons (Fsp3) is 0.586. The van der Waals surface area contributed by atoms with Crippen LogP contribution in [0.3, 0.4) is 0 Å². The van der Waals surface area contributed by atoms with Crippen LogP contribution in [0.5, 0.6) is 5.75 Å². The molecule has 0 bridgehead atoms. The van der Waals surface area contributed by atoms with Gasteiger partial charge in [-0.05, 0) is 76.6 Å². The Balaban J connectivity index is 0.766. The number of nitrogens with zero attached hydrogens (tertiary/aromatic N) is 8. The van der Waals surface area contributed by atoms with E-state index in [1.165, 1.54) is 28.4 Å². The third kappa shape index (κ3) is 18.5. The summed E-state index contributed by atoms with van der Waals surface area (Å²) in [6.07, 6.45) is 1.75. The molecular formula is C58H88N12O18P2. The summed E-state index contributed by atoms with van der Waals surface area (Å²) in [5.74, 6) is 6.32. The van der Waals surface area contributed by atoms with Crippen molar-refractivity contribution in [1.82, 2.24) is 39.2 Å². The van der Waals surface area contributed by atoms with Crippen LogP contribution in [0.25, 0.3) is 39.0 Å². The summed E-state index contributed by atoms with van der Waals surface area (Å²) in [4.78, 5) is 77.3. The maximum absolute atomic E-state index is 14.8. The molecule has 1 aliphatic heterocycles. The first-order chi connectivity index (χ1) is 43.0. The molecule has 1 amide bonds. The first kappa shape index (κ1) is 71.3. The molecule has 1 saturated heterocycles. The lowest BCUT2D eigenvalue weighted by Crippen LogP contribution is -2.45. The predicted molar refractivity (Wildman–Crippen MR) is 334 cm³/mol. The number of rotatable bonds is 40. The number of benzene rings is 1. The molecule has 0 spiro atoms. The van der Waals surface area contributed by atoms with Gasteiger partial charge in [-0.1, -0.05) is 27.7 Å². The summed E-state index contributed by atoms with van der Waals surface area (Å²) in [6.45, 7) is 14.8. The highest BCUT2D eigenvalue weighted by atomic mass is 31.2. The fourth-order valence-corrected chi connectivity index (χ4v) is 13.8. The summed E-state index contributed by atoms with van der Waals surface area (Å²) in [5.41, 5.74) is 13.9. The highest BCUT2D eigenvalue weighted by Gasteiger charge is 2.56. The summed E-state index contributed by atoms with van der Waals surface area (Å²) < 4.78 is 81.8. The lowest BCUT2D eigenvalue weighted by atomic mass is 9.88. The molecule has 6 heterocycles. The predicted octanol–water partition coefficient (Wildman–Crippen LogP) is 4.89. The number of ether oxygens (including phenoxy) is 6. The Morgan fingerprint density at radius 1 is 0.900 bits per heavy atom. The molecule has 30 nitrogen and oxygen atoms in total. The number of aliphatic hydroxyl groups excluding tert-OH is 2. The number of carbonyl (C=O) groups excluding carboxylic acids is 1. The number of pyridine rings is 1. The second-order valence-electron chi connectivity index (χ2n) is 21.9. The van der Waals surface area contributed by atoms with Crippen LogP contribution in [0, 0.1) is 0 Å². The van der Waals surface area contributed by atoms with Crippen molar-refractivity contribution in [1.29, 1.82) is 0 Å². The van der Waals surface area contributed by atoms with E-state index in [0.717, 1.165) is 24.2 Å². The molecule has 1 aromatic carbocycles. The largest absolute Gasteiger partial charge is 0.491 e. The molecule has 6 atom stereocenters. The molecule has 0 radical (unpaired) electrons. The van der Waals surface area contributed by atoms with Crippen LogP contribution in [0.15, 0.2) is 82.6 Å². The quantitative estimate of drug-likeness (QED) is 0.00812. The Morgan fingerprint density at radius 2 is 1.58 bits per heavy atom. The van der Waals surface area contributed by atoms with Crippen molar-refractivity contribution in [2.45, 2.75) is 134 Å². The van der Waals surface area contributed by atoms with Crippen LogP contribution in [0.2, 0.25) is 0 Å². The van der Waals surface area contributed by atoms with E-state index < -0.39 is 74.9 Å². The summed E-state index contributed by atoms with van der Waals surface area (Å²) >= 11 is 0. The van der Waals surface area contributed by atoms with E-state index in [4.69, 9.17) is 59.2 Å². The maximum Gasteiger partial charge on any atom is 0.470 e. The number of hydrazine groups is 1. The number of phosphoric ester groups is 1. The Labute approximate surface area is 521 Å². The molecule has 32 heteroatoms. The third-order valence-corrected chi connectivity index (χ3v) is 19.3. The molecular weight excluding hydrogens is 1210 g/mol. The minimum absolute atomic E-state index is 0.0223. The van der Waals surface area contributed by atoms with E-state index in [9.17, 15) is 43.6 Å². The molecule has 4 unspecified atom stereocenters. The average Bonchev–Trinajstić information content (AvgIpc) is 1.61. The van der Waals surface area contributed by atoms with E-state index in [2.05, 4.69) is 44.0 Å². The zero-order valence-electron chi connectivity index (χ0n) is 51.8. The standard InChI is InChI=1S/C58H88N12O18P2/c1-7-57(8-2,88-90(77,78)79)32-47-51(73)52(55(85-47)70-38-64-50-53(60)62-37-63-54(50)70)87-89(75,76)58(9-3,10-4)31-41(35-71)65-49(72)14-13-18-69(61)33-40(59)36-83-25-24-81-21-20-80-22-23-82-26-27-84-43-17-19-68-34-45(66-48(68)30-43)44-28-39-15-16-42(67(11-5)12-6)29-46(39)86-56(44)74/h15-17,19,28-30,33-34,37-38,41,47,51-52,55,71,73H,7-14,18,20-27,31-32,35-36,59,61H2,1-6H3,(H,65,72)(H,75,76)(H2,60,62,63)(H2,77,78,79)/b40-33-/t41?,47-,51?,52?,55-/m0/s1. The molecule has 0 saturated carbocycles. The van der Waals surface area contributed by atoms with Gasteiger partial charge in [0.2, 0.25) is 5.91 Å². The van der Waals surface area contributed by atoms with Crippen LogP contribution >= 0.6 is 15.4 Å². The Kier molecular flexibility index (Phi) is 26.0. The van der Waals surface area contributed by atoms with Gasteiger partial charge in [0, 0.05) is 74.3 Å². The third-order valence-electron chi connectivity index (χ3n) is 16.1. The number of hydrogen-bond donors (Lipinski definition) is 9. The van der Waals surface area contributed by atoms with Crippen molar-refractivity contribution < 1.29 is 80.7 Å². The number of hydrogen-bond acceptors (Lipinski definition) is 24. The summed E-state index contributed by atoms with van der Waals surface area (Å²) in [6, 6.07) is 10.3. The average molecular weight is 1300 g/mol. The lowest BCUT2D eigenvalue weighted by molar-refractivity contribution is -0.122. The smallest absolute Gasteiger partial charge is 0.470 e. The SMILES string of the molecule is CCN(CC)c1ccc2cc(-c3cn4ccc(OCCOCCOCCOCCOC/C(N)=C/N(N)CCCC(=O)NC(CO)CC(CC)(CC)P(=O)(O)OC5C(O)[C@H](CC(CC)(CC)OP(=O)(O)O)O[C@@H]5n5cnc6c(N)ncnc65)cc4n3)c(=O)oc2c1. The second kappa shape index (κ2) is 32.9. The monoisotopic (exact) mass is 1300 g/mol. The maximum atomic E-state index is 14.8. The number of nitrogen functional groups attached to an aromatic ring is 1. The summed E-state index contributed by atoms with van der Waals surface area (Å²) in [5, 5.41) is 25.7. The molecule has 498 valence electrons. The van der Waals surface area contributed by atoms with Gasteiger partial charge in [0.15, 0.2) is 17.7 Å². The first-order valence-corrected chi connectivity index (χ1v) is 33.3. The number of nitrogens with one attached hydrogen (secondary N) is 1. The van der Waals surface area contributed by atoms with E-state index in [1.807, 2.05) is 40.9 Å². The van der Waals surface area contributed by atoms with Crippen LogP contribution in [-0.2, 0) is 46.7 Å². The van der Waals surface area contributed by atoms with E-state index >= 15 is 0 Å². The van der Waals surface area contributed by atoms with Gasteiger partial charge in [-0.25, -0.2) is 35.1 Å². The van der Waals surface area contributed by atoms with E-state index in [1.54, 1.807) is 40.0 Å². The number of amides is 1. The second-order valence-corrected chi connectivity index (χ2v) is 25.2. The molecule has 1 aliphatic rings. The minimum atomic E-state index is -5.03. The Morgan fingerprint density at radius 3 is 2.22 bits per heavy atom. The van der Waals surface area contributed by atoms with E-state index in [0.29, 0.717) is 80.2 Å². The molecule has 7 rings (SSSR count). The number of carbonyl (C=O) groups is 1. The van der Waals surface area contributed by atoms with Gasteiger partial charge in [-0.15, -0.1) is 0 Å². The molecule has 0 aliphatic carbocycles. The van der Waals surface area contributed by atoms with Gasteiger partial charge in [0.05, 0.1) is 106 Å². The van der Waals surface area contributed by atoms with Gasteiger partial charge in [-0.2, -0.15) is 0 Å². The van der Waals surface area contributed by atoms with Crippen molar-refractivity contribution in [3.05, 3.63) is 83.8 Å². The molecule has 12 N–H and O–H groups in total. The Bertz CT molecular complexity index is 3460. The lowest BCUT2D eigenvalue weighted by Gasteiger charge is -2.39. The fourth-order valence-electron chi connectivity index (χ4n) is 10.9. The van der Waals surface area contributed by atoms with Gasteiger partial charge in [-0.3, -0.25) is 23.0 Å². The molecule has 1 fully saturated rings. The van der Waals surface area contributed by atoms with Gasteiger partial charge in [0.25, 0.3) is 0 Å². The highest BCUT2D eigenvalue weighted by Crippen LogP contribution is 2.63. The van der Waals surface area contributed by atoms with Crippen LogP contribution in [0.1, 0.15) is 99.1 Å². The van der Waals surface area contributed by atoms with Crippen LogP contribution in [0.4, 0.5) is 11.5 Å². The van der Waals surface area contributed by atoms with E-state index in [-0.39, 0.29) is 88.1 Å². The topological polar surface area (TPSA) is 414 Å².